The van der Waals surface area contributed by atoms with Gasteiger partial charge in [-0.05, 0) is 73.9 Å². The molecule has 0 aliphatic rings. The van der Waals surface area contributed by atoms with Crippen LogP contribution in [0, 0.1) is 20.8 Å². The normalized spacial score (nSPS) is 11.0. The maximum atomic E-state index is 13.0. The first-order valence-corrected chi connectivity index (χ1v) is 11.9. The molecule has 0 aliphatic carbocycles. The fourth-order valence-corrected chi connectivity index (χ4v) is 4.53. The third-order valence-electron chi connectivity index (χ3n) is 5.21. The van der Waals surface area contributed by atoms with Crippen LogP contribution in [-0.2, 0) is 10.0 Å². The maximum absolute atomic E-state index is 13.0. The number of carbonyl (C=O) groups is 1. The molecule has 0 bridgehead atoms. The lowest BCUT2D eigenvalue weighted by Gasteiger charge is -2.13. The van der Waals surface area contributed by atoms with E-state index in [0.29, 0.717) is 22.7 Å². The van der Waals surface area contributed by atoms with Gasteiger partial charge in [0, 0.05) is 11.3 Å². The van der Waals surface area contributed by atoms with Crippen molar-refractivity contribution >= 4 is 21.6 Å². The summed E-state index contributed by atoms with van der Waals surface area (Å²) in [6, 6.07) is 17.2. The van der Waals surface area contributed by atoms with Gasteiger partial charge in [-0.1, -0.05) is 24.3 Å². The van der Waals surface area contributed by atoms with Crippen LogP contribution in [0.5, 0.6) is 11.5 Å². The average Bonchev–Trinajstić information content (AvgIpc) is 2.79. The van der Waals surface area contributed by atoms with Gasteiger partial charge in [-0.3, -0.25) is 9.52 Å². The Morgan fingerprint density at radius 1 is 0.879 bits per heavy atom. The Hall–Kier alpha value is -3.52. The fraction of sp³-hybridized carbons (Fsp3) is 0.240. The van der Waals surface area contributed by atoms with Crippen molar-refractivity contribution in [1.82, 2.24) is 5.32 Å². The molecule has 3 aromatic carbocycles. The first kappa shape index (κ1) is 24.1. The monoisotopic (exact) mass is 468 g/mol. The number of aryl methyl sites for hydroxylation is 3. The van der Waals surface area contributed by atoms with Gasteiger partial charge in [0.05, 0.1) is 18.6 Å². The minimum absolute atomic E-state index is 0.0543. The predicted molar refractivity (Wildman–Crippen MR) is 129 cm³/mol. The second-order valence-corrected chi connectivity index (χ2v) is 9.29. The van der Waals surface area contributed by atoms with E-state index in [1.807, 2.05) is 32.0 Å². The number of carbonyl (C=O) groups excluding carboxylic acids is 1. The molecule has 174 valence electrons. The Kier molecular flexibility index (Phi) is 7.60. The van der Waals surface area contributed by atoms with Crippen molar-refractivity contribution < 1.29 is 22.7 Å². The van der Waals surface area contributed by atoms with E-state index in [4.69, 9.17) is 9.47 Å². The van der Waals surface area contributed by atoms with E-state index >= 15 is 0 Å². The van der Waals surface area contributed by atoms with Crippen molar-refractivity contribution in [2.75, 3.05) is 25.0 Å². The topological polar surface area (TPSA) is 93.7 Å². The van der Waals surface area contributed by atoms with Crippen molar-refractivity contribution in [2.45, 2.75) is 25.7 Å². The third-order valence-corrected chi connectivity index (χ3v) is 6.74. The van der Waals surface area contributed by atoms with Crippen molar-refractivity contribution in [2.24, 2.45) is 0 Å². The number of anilines is 1. The van der Waals surface area contributed by atoms with Crippen LogP contribution in [0.25, 0.3) is 0 Å². The van der Waals surface area contributed by atoms with Crippen molar-refractivity contribution in [3.05, 3.63) is 82.9 Å². The van der Waals surface area contributed by atoms with Crippen molar-refractivity contribution in [1.29, 1.82) is 0 Å². The lowest BCUT2D eigenvalue weighted by Crippen LogP contribution is -2.28. The van der Waals surface area contributed by atoms with E-state index in [9.17, 15) is 13.2 Å². The van der Waals surface area contributed by atoms with Crippen LogP contribution in [0.4, 0.5) is 5.69 Å². The SMILES string of the molecule is COc1ccccc1OCCNC(=O)c1ccc(C)c(S(=O)(=O)Nc2ccc(C)c(C)c2)c1. The Morgan fingerprint density at radius 2 is 1.58 bits per heavy atom. The highest BCUT2D eigenvalue weighted by molar-refractivity contribution is 7.92. The molecular weight excluding hydrogens is 440 g/mol. The molecule has 2 N–H and O–H groups in total. The molecule has 0 aliphatic heterocycles. The number of hydrogen-bond acceptors (Lipinski definition) is 5. The number of benzene rings is 3. The zero-order valence-electron chi connectivity index (χ0n) is 19.1. The zero-order chi connectivity index (χ0) is 24.0. The highest BCUT2D eigenvalue weighted by Crippen LogP contribution is 2.25. The number of amides is 1. The van der Waals surface area contributed by atoms with Crippen molar-refractivity contribution in [3.63, 3.8) is 0 Å². The van der Waals surface area contributed by atoms with E-state index in [1.165, 1.54) is 6.07 Å². The van der Waals surface area contributed by atoms with Gasteiger partial charge in [-0.2, -0.15) is 0 Å². The van der Waals surface area contributed by atoms with Crippen LogP contribution in [0.2, 0.25) is 0 Å². The summed E-state index contributed by atoms with van der Waals surface area (Å²) >= 11 is 0. The number of sulfonamides is 1. The summed E-state index contributed by atoms with van der Waals surface area (Å²) in [6.07, 6.45) is 0. The van der Waals surface area contributed by atoms with Gasteiger partial charge in [0.1, 0.15) is 6.61 Å². The average molecular weight is 469 g/mol. The van der Waals surface area contributed by atoms with Gasteiger partial charge >= 0.3 is 0 Å². The maximum Gasteiger partial charge on any atom is 0.262 e. The van der Waals surface area contributed by atoms with Gasteiger partial charge in [0.25, 0.3) is 15.9 Å². The van der Waals surface area contributed by atoms with Crippen LogP contribution in [-0.4, -0.2) is 34.6 Å². The van der Waals surface area contributed by atoms with Crippen molar-refractivity contribution in [3.8, 4) is 11.5 Å². The Bertz CT molecular complexity index is 1260. The molecule has 0 atom stereocenters. The van der Waals surface area contributed by atoms with Gasteiger partial charge in [0.15, 0.2) is 11.5 Å². The van der Waals surface area contributed by atoms with E-state index in [-0.39, 0.29) is 29.5 Å². The Labute approximate surface area is 194 Å². The quantitative estimate of drug-likeness (QED) is 0.459. The number of rotatable bonds is 9. The molecule has 33 heavy (non-hydrogen) atoms. The molecule has 0 radical (unpaired) electrons. The molecule has 1 amide bonds. The smallest absolute Gasteiger partial charge is 0.262 e. The molecule has 0 unspecified atom stereocenters. The standard InChI is InChI=1S/C25H28N2O5S/c1-17-10-12-21(15-19(17)3)27-33(29,30)24-16-20(11-9-18(24)2)25(28)26-13-14-32-23-8-6-5-7-22(23)31-4/h5-12,15-16,27H,13-14H2,1-4H3,(H,26,28). The molecule has 3 rings (SSSR count). The van der Waals surface area contributed by atoms with Gasteiger partial charge in [-0.15, -0.1) is 0 Å². The van der Waals surface area contributed by atoms with Crippen LogP contribution in [0.3, 0.4) is 0 Å². The fourth-order valence-electron chi connectivity index (χ4n) is 3.21. The number of methoxy groups -OCH3 is 1. The van der Waals surface area contributed by atoms with Gasteiger partial charge < -0.3 is 14.8 Å². The third kappa shape index (κ3) is 6.04. The second kappa shape index (κ2) is 10.4. The number of para-hydroxylation sites is 2. The molecule has 0 saturated carbocycles. The second-order valence-electron chi connectivity index (χ2n) is 7.64. The molecular formula is C25H28N2O5S. The van der Waals surface area contributed by atoms with Crippen LogP contribution >= 0.6 is 0 Å². The summed E-state index contributed by atoms with van der Waals surface area (Å²) in [5.74, 6) is 0.796. The summed E-state index contributed by atoms with van der Waals surface area (Å²) in [5, 5.41) is 2.75. The van der Waals surface area contributed by atoms with Crippen LogP contribution < -0.4 is 19.5 Å². The van der Waals surface area contributed by atoms with E-state index in [2.05, 4.69) is 10.0 Å². The van der Waals surface area contributed by atoms with Crippen LogP contribution in [0.15, 0.2) is 65.6 Å². The molecule has 8 heteroatoms. The lowest BCUT2D eigenvalue weighted by molar-refractivity contribution is 0.0946. The highest BCUT2D eigenvalue weighted by Gasteiger charge is 2.19. The first-order chi connectivity index (χ1) is 15.7. The first-order valence-electron chi connectivity index (χ1n) is 10.5. The molecule has 0 heterocycles. The minimum Gasteiger partial charge on any atom is -0.493 e. The number of nitrogens with one attached hydrogen (secondary N) is 2. The lowest BCUT2D eigenvalue weighted by atomic mass is 10.1. The molecule has 7 nitrogen and oxygen atoms in total. The summed E-state index contributed by atoms with van der Waals surface area (Å²) < 4.78 is 39.5. The zero-order valence-corrected chi connectivity index (χ0v) is 20.0. The Morgan fingerprint density at radius 3 is 2.27 bits per heavy atom. The minimum atomic E-state index is -3.87. The van der Waals surface area contributed by atoms with E-state index < -0.39 is 10.0 Å². The largest absolute Gasteiger partial charge is 0.493 e. The molecule has 0 aromatic heterocycles. The highest BCUT2D eigenvalue weighted by atomic mass is 32.2. The number of hydrogen-bond donors (Lipinski definition) is 2. The van der Waals surface area contributed by atoms with E-state index in [0.717, 1.165) is 11.1 Å². The Balaban J connectivity index is 1.67. The summed E-state index contributed by atoms with van der Waals surface area (Å²) in [6.45, 7) is 6.05. The number of ether oxygens (including phenoxy) is 2. The molecule has 0 fully saturated rings. The van der Waals surface area contributed by atoms with Crippen LogP contribution in [0.1, 0.15) is 27.0 Å². The summed E-state index contributed by atoms with van der Waals surface area (Å²) in [4.78, 5) is 12.7. The van der Waals surface area contributed by atoms with Gasteiger partial charge in [0.2, 0.25) is 0 Å². The molecule has 0 saturated heterocycles. The molecule has 0 spiro atoms. The molecule has 3 aromatic rings. The van der Waals surface area contributed by atoms with Gasteiger partial charge in [-0.25, -0.2) is 8.42 Å². The van der Waals surface area contributed by atoms with E-state index in [1.54, 1.807) is 50.4 Å². The predicted octanol–water partition coefficient (Wildman–Crippen LogP) is 4.23. The summed E-state index contributed by atoms with van der Waals surface area (Å²) in [7, 11) is -2.31. The summed E-state index contributed by atoms with van der Waals surface area (Å²) in [5.41, 5.74) is 3.32.